The summed E-state index contributed by atoms with van der Waals surface area (Å²) in [4.78, 5) is 31.9. The first kappa shape index (κ1) is 33.3. The third-order valence-corrected chi connectivity index (χ3v) is 17.2. The van der Waals surface area contributed by atoms with Crippen molar-refractivity contribution in [2.75, 3.05) is 39.4 Å². The first-order valence-corrected chi connectivity index (χ1v) is 19.1. The lowest BCUT2D eigenvalue weighted by Crippen LogP contribution is -2.67. The molecule has 6 aliphatic carbocycles. The van der Waals surface area contributed by atoms with E-state index in [0.717, 1.165) is 38.0 Å². The monoisotopic (exact) mass is 640 g/mol. The van der Waals surface area contributed by atoms with Crippen molar-refractivity contribution in [3.8, 4) is 0 Å². The van der Waals surface area contributed by atoms with Gasteiger partial charge in [-0.2, -0.15) is 0 Å². The Morgan fingerprint density at radius 3 is 2.00 bits per heavy atom. The van der Waals surface area contributed by atoms with Crippen molar-refractivity contribution in [1.29, 1.82) is 0 Å². The van der Waals surface area contributed by atoms with E-state index in [1.54, 1.807) is 11.8 Å². The fourth-order valence-corrected chi connectivity index (χ4v) is 14.1. The van der Waals surface area contributed by atoms with E-state index in [1.165, 1.54) is 44.9 Å². The zero-order valence-corrected chi connectivity index (χ0v) is 29.8. The number of nitrogens with zero attached hydrogens (tertiary/aromatic N) is 2. The van der Waals surface area contributed by atoms with Crippen molar-refractivity contribution in [2.45, 2.75) is 125 Å². The third kappa shape index (κ3) is 4.38. The fourth-order valence-electron chi connectivity index (χ4n) is 14.1. The van der Waals surface area contributed by atoms with Crippen LogP contribution in [0.25, 0.3) is 0 Å². The van der Waals surface area contributed by atoms with Crippen molar-refractivity contribution in [3.63, 3.8) is 0 Å². The lowest BCUT2D eigenvalue weighted by molar-refractivity contribution is -0.248. The first-order valence-electron chi connectivity index (χ1n) is 19.1. The van der Waals surface area contributed by atoms with Gasteiger partial charge in [-0.25, -0.2) is 0 Å². The van der Waals surface area contributed by atoms with E-state index in [1.807, 2.05) is 0 Å². The van der Waals surface area contributed by atoms with E-state index in [-0.39, 0.29) is 52.3 Å². The molecule has 0 bridgehead atoms. The van der Waals surface area contributed by atoms with E-state index < -0.39 is 5.41 Å². The summed E-state index contributed by atoms with van der Waals surface area (Å²) in [5.74, 6) is 3.90. The minimum absolute atomic E-state index is 0.0355. The number of hydrogen-bond acceptors (Lipinski definition) is 5. The molecule has 6 saturated carbocycles. The molecule has 46 heavy (non-hydrogen) atoms. The molecular weight excluding hydrogens is 576 g/mol. The maximum Gasteiger partial charge on any atom is 0.233 e. The van der Waals surface area contributed by atoms with Gasteiger partial charge in [0.1, 0.15) is 0 Å². The van der Waals surface area contributed by atoms with E-state index in [0.29, 0.717) is 61.7 Å². The number of carbonyl (C=O) groups is 2. The van der Waals surface area contributed by atoms with Gasteiger partial charge in [-0.05, 0) is 141 Å². The second-order valence-electron chi connectivity index (χ2n) is 19.2. The lowest BCUT2D eigenvalue weighted by Gasteiger charge is -2.73. The molecule has 3 N–H and O–H groups in total. The van der Waals surface area contributed by atoms with Crippen molar-refractivity contribution >= 4 is 11.8 Å². The van der Waals surface area contributed by atoms with Crippen LogP contribution in [0.5, 0.6) is 0 Å². The number of aliphatic hydroxyl groups excluding tert-OH is 3. The summed E-state index contributed by atoms with van der Waals surface area (Å²) < 4.78 is 0. The number of hydrogen-bond donors (Lipinski definition) is 3. The van der Waals surface area contributed by atoms with Gasteiger partial charge >= 0.3 is 0 Å². The van der Waals surface area contributed by atoms with Crippen LogP contribution in [0.3, 0.4) is 0 Å². The lowest BCUT2D eigenvalue weighted by atomic mass is 9.32. The summed E-state index contributed by atoms with van der Waals surface area (Å²) >= 11 is 0. The molecule has 1 saturated heterocycles. The van der Waals surface area contributed by atoms with Gasteiger partial charge in [-0.3, -0.25) is 9.59 Å². The van der Waals surface area contributed by atoms with Gasteiger partial charge in [-0.15, -0.1) is 0 Å². The highest BCUT2D eigenvalue weighted by Crippen LogP contribution is 2.78. The van der Waals surface area contributed by atoms with Gasteiger partial charge in [0, 0.05) is 26.2 Å². The summed E-state index contributed by atoms with van der Waals surface area (Å²) in [6.07, 6.45) is 13.9. The Hall–Kier alpha value is -1.18. The Bertz CT molecular complexity index is 1220. The summed E-state index contributed by atoms with van der Waals surface area (Å²) in [7, 11) is 0. The Balaban J connectivity index is 1.16. The van der Waals surface area contributed by atoms with Crippen LogP contribution in [0.2, 0.25) is 0 Å². The summed E-state index contributed by atoms with van der Waals surface area (Å²) in [6, 6.07) is 0. The molecule has 260 valence electrons. The second-order valence-corrected chi connectivity index (χ2v) is 19.2. The molecule has 0 aromatic heterocycles. The van der Waals surface area contributed by atoms with Crippen LogP contribution >= 0.6 is 0 Å². The minimum Gasteiger partial charge on any atom is -0.395 e. The smallest absolute Gasteiger partial charge is 0.233 e. The van der Waals surface area contributed by atoms with Crippen LogP contribution in [0.15, 0.2) is 0 Å². The van der Waals surface area contributed by atoms with Crippen molar-refractivity contribution in [1.82, 2.24) is 9.80 Å². The van der Waals surface area contributed by atoms with Gasteiger partial charge in [0.25, 0.3) is 0 Å². The largest absolute Gasteiger partial charge is 0.395 e. The van der Waals surface area contributed by atoms with Crippen molar-refractivity contribution < 1.29 is 24.9 Å². The standard InChI is InChI=1S/C39H64N2O5/c1-34(2)28-12-15-38(6)29(36(28,4)14-13-30(34)44)10-9-27-31-26(25-7-8-25)11-16-39(31,18-17-37(27,38)5)33(46)41-21-19-40(20-22-41)32(45)35(3,23-42)24-43/h25-31,42-44H,7-24H2,1-6H3/t26-,27+,28-,29+,30-,31+,36-,37+,38+,39-/m0/s1. The van der Waals surface area contributed by atoms with Crippen molar-refractivity contribution in [3.05, 3.63) is 0 Å². The third-order valence-electron chi connectivity index (χ3n) is 17.2. The maximum absolute atomic E-state index is 14.9. The molecule has 0 aromatic carbocycles. The first-order chi connectivity index (χ1) is 21.6. The van der Waals surface area contributed by atoms with Crippen LogP contribution in [-0.2, 0) is 9.59 Å². The molecule has 7 rings (SSSR count). The molecule has 0 spiro atoms. The molecule has 2 amide bonds. The number of rotatable bonds is 5. The van der Waals surface area contributed by atoms with Gasteiger partial charge in [0.2, 0.25) is 11.8 Å². The maximum atomic E-state index is 14.9. The molecule has 0 unspecified atom stereocenters. The van der Waals surface area contributed by atoms with Crippen LogP contribution < -0.4 is 0 Å². The highest BCUT2D eigenvalue weighted by atomic mass is 16.3. The Morgan fingerprint density at radius 1 is 0.717 bits per heavy atom. The van der Waals surface area contributed by atoms with E-state index in [9.17, 15) is 24.9 Å². The highest BCUT2D eigenvalue weighted by Gasteiger charge is 2.72. The average molecular weight is 641 g/mol. The SMILES string of the molecule is CC(CO)(CO)C(=O)N1CCN(C(=O)[C@]23CC[C@@H](C4CC4)[C@@H]2[C@H]2CC[C@@H]4[C@@]5(C)CC[C@H](O)C(C)(C)[C@@H]5CC[C@@]4(C)[C@]2(C)CC3)CC1. The molecule has 0 radical (unpaired) electrons. The van der Waals surface area contributed by atoms with Crippen molar-refractivity contribution in [2.24, 2.45) is 68.0 Å². The predicted octanol–water partition coefficient (Wildman–Crippen LogP) is 5.50. The van der Waals surface area contributed by atoms with Gasteiger partial charge in [0.15, 0.2) is 0 Å². The second kappa shape index (κ2) is 10.9. The number of carbonyl (C=O) groups excluding carboxylic acids is 2. The van der Waals surface area contributed by atoms with E-state index in [2.05, 4.69) is 39.5 Å². The quantitative estimate of drug-likeness (QED) is 0.369. The summed E-state index contributed by atoms with van der Waals surface area (Å²) in [6.45, 7) is 15.5. The Labute approximate surface area is 278 Å². The minimum atomic E-state index is -1.18. The molecule has 7 fully saturated rings. The van der Waals surface area contributed by atoms with Crippen LogP contribution in [0.4, 0.5) is 0 Å². The van der Waals surface area contributed by atoms with Crippen LogP contribution in [-0.4, -0.2) is 82.4 Å². The fraction of sp³-hybridized carbons (Fsp3) is 0.949. The molecule has 1 heterocycles. The molecule has 7 heteroatoms. The molecular formula is C39H64N2O5. The van der Waals surface area contributed by atoms with Gasteiger partial charge in [-0.1, -0.05) is 34.6 Å². The van der Waals surface area contributed by atoms with Crippen LogP contribution in [0, 0.1) is 68.0 Å². The summed E-state index contributed by atoms with van der Waals surface area (Å²) in [5.41, 5.74) is -0.741. The highest BCUT2D eigenvalue weighted by molar-refractivity contribution is 5.85. The zero-order chi connectivity index (χ0) is 33.1. The van der Waals surface area contributed by atoms with Crippen LogP contribution in [0.1, 0.15) is 119 Å². The van der Waals surface area contributed by atoms with E-state index >= 15 is 0 Å². The molecule has 1 aliphatic heterocycles. The summed E-state index contributed by atoms with van der Waals surface area (Å²) in [5, 5.41) is 30.7. The Kier molecular flexibility index (Phi) is 7.90. The number of piperazine rings is 1. The molecule has 0 aromatic rings. The molecule has 10 atom stereocenters. The van der Waals surface area contributed by atoms with Gasteiger partial charge in [0.05, 0.1) is 30.1 Å². The number of aliphatic hydroxyl groups is 3. The average Bonchev–Trinajstić information content (AvgIpc) is 3.81. The molecule has 7 aliphatic rings. The number of amides is 2. The normalized spacial score (nSPS) is 47.0. The molecule has 7 nitrogen and oxygen atoms in total. The predicted molar refractivity (Wildman–Crippen MR) is 178 cm³/mol. The number of fused-ring (bicyclic) bond motifs is 7. The van der Waals surface area contributed by atoms with Gasteiger partial charge < -0.3 is 25.1 Å². The van der Waals surface area contributed by atoms with E-state index in [4.69, 9.17) is 0 Å². The Morgan fingerprint density at radius 2 is 1.37 bits per heavy atom. The zero-order valence-electron chi connectivity index (χ0n) is 29.8. The topological polar surface area (TPSA) is 101 Å².